The topological polar surface area (TPSA) is 26.3 Å². The summed E-state index contributed by atoms with van der Waals surface area (Å²) in [6.45, 7) is 0.612. The van der Waals surface area contributed by atoms with Crippen molar-refractivity contribution in [2.45, 2.75) is 66.4 Å². The average molecular weight is 582 g/mol. The van der Waals surface area contributed by atoms with Gasteiger partial charge in [0.15, 0.2) is 0 Å². The van der Waals surface area contributed by atoms with Gasteiger partial charge in [-0.15, -0.1) is 0 Å². The Morgan fingerprint density at radius 1 is 0.556 bits per heavy atom. The van der Waals surface area contributed by atoms with Crippen molar-refractivity contribution in [2.75, 3.05) is 6.61 Å². The van der Waals surface area contributed by atoms with Crippen LogP contribution in [0, 0.1) is 0 Å². The van der Waals surface area contributed by atoms with E-state index in [1.54, 1.807) is 0 Å². The second kappa shape index (κ2) is 9.32. The predicted octanol–water partition coefficient (Wildman–Crippen LogP) is 7.14. The van der Waals surface area contributed by atoms with E-state index >= 15 is 0 Å². The normalized spacial score (nSPS) is 15.6. The van der Waals surface area contributed by atoms with Crippen LogP contribution in [0.25, 0.3) is 0 Å². The number of hydrogen-bond donors (Lipinski definition) is 0. The molecule has 0 aromatic carbocycles. The van der Waals surface area contributed by atoms with Crippen molar-refractivity contribution in [1.82, 2.24) is 0 Å². The monoisotopic (exact) mass is 582 g/mol. The Balaban J connectivity index is 6.48. The molecule has 0 aliphatic rings. The number of carbonyl (C=O) groups is 1. The highest BCUT2D eigenvalue weighted by Crippen LogP contribution is 2.63. The molecular formula is C15H9F19O2. The lowest BCUT2D eigenvalue weighted by Gasteiger charge is -2.43. The maximum atomic E-state index is 13.6. The Morgan fingerprint density at radius 3 is 1.22 bits per heavy atom. The van der Waals surface area contributed by atoms with Gasteiger partial charge < -0.3 is 4.74 Å². The van der Waals surface area contributed by atoms with E-state index in [0.717, 1.165) is 0 Å². The molecule has 0 aliphatic heterocycles. The summed E-state index contributed by atoms with van der Waals surface area (Å²) in [4.78, 5) is 10.6. The molecule has 0 aliphatic carbocycles. The molecule has 2 nitrogen and oxygen atoms in total. The smallest absolute Gasteiger partial charge is 0.453 e. The van der Waals surface area contributed by atoms with E-state index in [-0.39, 0.29) is 6.08 Å². The van der Waals surface area contributed by atoms with E-state index in [1.807, 2.05) is 0 Å². The summed E-state index contributed by atoms with van der Waals surface area (Å²) >= 11 is 0. The van der Waals surface area contributed by atoms with Crippen LogP contribution in [0.15, 0.2) is 12.7 Å². The minimum absolute atomic E-state index is 0.171. The number of rotatable bonds is 12. The summed E-state index contributed by atoms with van der Waals surface area (Å²) in [6, 6.07) is 0. The SMILES string of the molecule is C=CC(=O)OCCC(F)(F)C(F)(F)C(F)(F)C(F)(F)C(F)(F)C(F)(F)C(F)(F)CC(F)(F)C(F)(F)F. The first-order valence-electron chi connectivity index (χ1n) is 8.30. The first kappa shape index (κ1) is 33.9. The molecule has 0 spiro atoms. The number of alkyl halides is 19. The summed E-state index contributed by atoms with van der Waals surface area (Å²) in [6.07, 6.45) is -14.7. The third kappa shape index (κ3) is 5.28. The van der Waals surface area contributed by atoms with Crippen LogP contribution in [0.4, 0.5) is 83.4 Å². The molecule has 0 amide bonds. The van der Waals surface area contributed by atoms with Crippen LogP contribution in [-0.2, 0) is 9.53 Å². The molecule has 0 aromatic heterocycles. The van der Waals surface area contributed by atoms with Crippen molar-refractivity contribution in [2.24, 2.45) is 0 Å². The summed E-state index contributed by atoms with van der Waals surface area (Å²) in [5, 5.41) is 0. The van der Waals surface area contributed by atoms with Crippen LogP contribution < -0.4 is 0 Å². The molecule has 0 fully saturated rings. The highest BCUT2D eigenvalue weighted by Gasteiger charge is 2.93. The minimum Gasteiger partial charge on any atom is -0.462 e. The zero-order valence-electron chi connectivity index (χ0n) is 16.4. The van der Waals surface area contributed by atoms with E-state index in [1.165, 1.54) is 0 Å². The third-order valence-electron chi connectivity index (χ3n) is 4.18. The van der Waals surface area contributed by atoms with Crippen molar-refractivity contribution in [3.8, 4) is 0 Å². The fourth-order valence-corrected chi connectivity index (χ4v) is 2.04. The fourth-order valence-electron chi connectivity index (χ4n) is 2.04. The molecule has 21 heteroatoms. The number of esters is 1. The minimum atomic E-state index is -8.66. The summed E-state index contributed by atoms with van der Waals surface area (Å²) in [7, 11) is 0. The van der Waals surface area contributed by atoms with Crippen molar-refractivity contribution in [1.29, 1.82) is 0 Å². The third-order valence-corrected chi connectivity index (χ3v) is 4.18. The molecule has 0 saturated carbocycles. The fraction of sp³-hybridized carbons (Fsp3) is 0.800. The van der Waals surface area contributed by atoms with Crippen LogP contribution in [0.5, 0.6) is 0 Å². The van der Waals surface area contributed by atoms with Crippen molar-refractivity contribution in [3.63, 3.8) is 0 Å². The van der Waals surface area contributed by atoms with Gasteiger partial charge in [0.05, 0.1) is 19.4 Å². The highest BCUT2D eigenvalue weighted by molar-refractivity contribution is 5.81. The molecule has 0 radical (unpaired) electrons. The molecule has 214 valence electrons. The number of hydrogen-bond acceptors (Lipinski definition) is 2. The van der Waals surface area contributed by atoms with Gasteiger partial charge in [-0.25, -0.2) is 4.79 Å². The lowest BCUT2D eigenvalue weighted by atomic mass is 9.87. The van der Waals surface area contributed by atoms with Crippen LogP contribution in [0.1, 0.15) is 12.8 Å². The van der Waals surface area contributed by atoms with Crippen LogP contribution in [-0.4, -0.2) is 66.1 Å². The second-order valence-electron chi connectivity index (χ2n) is 6.78. The molecule has 36 heavy (non-hydrogen) atoms. The lowest BCUT2D eigenvalue weighted by Crippen LogP contribution is -2.73. The van der Waals surface area contributed by atoms with Crippen molar-refractivity contribution < 1.29 is 92.9 Å². The van der Waals surface area contributed by atoms with Gasteiger partial charge in [0.2, 0.25) is 0 Å². The maximum Gasteiger partial charge on any atom is 0.453 e. The second-order valence-corrected chi connectivity index (χ2v) is 6.78. The summed E-state index contributed by atoms with van der Waals surface area (Å²) in [5.41, 5.74) is 0. The Hall–Kier alpha value is -2.12. The average Bonchev–Trinajstić information content (AvgIpc) is 2.64. The van der Waals surface area contributed by atoms with Crippen molar-refractivity contribution >= 4 is 5.97 Å². The quantitative estimate of drug-likeness (QED) is 0.139. The Bertz CT molecular complexity index is 810. The first-order valence-corrected chi connectivity index (χ1v) is 8.30. The van der Waals surface area contributed by atoms with Gasteiger partial charge in [0.1, 0.15) is 0 Å². The molecular weight excluding hydrogens is 573 g/mol. The Morgan fingerprint density at radius 2 is 0.889 bits per heavy atom. The zero-order valence-corrected chi connectivity index (χ0v) is 16.4. The molecule has 0 atom stereocenters. The van der Waals surface area contributed by atoms with Crippen LogP contribution >= 0.6 is 0 Å². The first-order chi connectivity index (χ1) is 15.4. The molecule has 0 bridgehead atoms. The van der Waals surface area contributed by atoms with Gasteiger partial charge in [-0.1, -0.05) is 6.58 Å². The van der Waals surface area contributed by atoms with Gasteiger partial charge in [-0.2, -0.15) is 83.4 Å². The van der Waals surface area contributed by atoms with Gasteiger partial charge in [0.25, 0.3) is 0 Å². The lowest BCUT2D eigenvalue weighted by molar-refractivity contribution is -0.445. The van der Waals surface area contributed by atoms with Gasteiger partial charge >= 0.3 is 59.5 Å². The number of halogens is 19. The highest BCUT2D eigenvalue weighted by atomic mass is 19.4. The van der Waals surface area contributed by atoms with E-state index < -0.39 is 79.0 Å². The largest absolute Gasteiger partial charge is 0.462 e. The van der Waals surface area contributed by atoms with E-state index in [2.05, 4.69) is 11.3 Å². The molecule has 0 rings (SSSR count). The van der Waals surface area contributed by atoms with E-state index in [0.29, 0.717) is 0 Å². The van der Waals surface area contributed by atoms with Crippen LogP contribution in [0.2, 0.25) is 0 Å². The van der Waals surface area contributed by atoms with Crippen LogP contribution in [0.3, 0.4) is 0 Å². The van der Waals surface area contributed by atoms with Crippen molar-refractivity contribution in [3.05, 3.63) is 12.7 Å². The zero-order chi connectivity index (χ0) is 29.6. The standard InChI is InChI=1S/C15H9F19O2/c1-2-6(35)36-4-3-7(16,17)10(22,23)12(26,27)14(30,31)13(28,29)11(24,25)8(18,19)5-9(20,21)15(32,33)34/h2H,1,3-5H2. The molecule has 0 N–H and O–H groups in total. The van der Waals surface area contributed by atoms with Gasteiger partial charge in [-0.3, -0.25) is 0 Å². The Labute approximate surface area is 186 Å². The van der Waals surface area contributed by atoms with Gasteiger partial charge in [-0.05, 0) is 0 Å². The van der Waals surface area contributed by atoms with E-state index in [9.17, 15) is 88.2 Å². The number of carbonyl (C=O) groups excluding carboxylic acids is 1. The molecule has 0 saturated heterocycles. The van der Waals surface area contributed by atoms with Gasteiger partial charge in [0, 0.05) is 6.08 Å². The predicted molar refractivity (Wildman–Crippen MR) is 76.0 cm³/mol. The van der Waals surface area contributed by atoms with E-state index in [4.69, 9.17) is 0 Å². The molecule has 0 unspecified atom stereocenters. The Kier molecular flexibility index (Phi) is 8.77. The number of ether oxygens (including phenoxy) is 1. The molecule has 0 heterocycles. The molecule has 0 aromatic rings. The maximum absolute atomic E-state index is 13.6. The summed E-state index contributed by atoms with van der Waals surface area (Å²) in [5.74, 6) is -65.0. The summed E-state index contributed by atoms with van der Waals surface area (Å²) < 4.78 is 253.